The maximum Gasteiger partial charge on any atom is 0.264 e. The normalized spacial score (nSPS) is 11.2. The van der Waals surface area contributed by atoms with Crippen LogP contribution in [-0.4, -0.2) is 20.9 Å². The van der Waals surface area contributed by atoms with Crippen LogP contribution in [0, 0.1) is 6.92 Å². The molecule has 9 heteroatoms. The lowest BCUT2D eigenvalue weighted by atomic mass is 10.2. The van der Waals surface area contributed by atoms with Crippen molar-refractivity contribution >= 4 is 62.3 Å². The third-order valence-corrected chi connectivity index (χ3v) is 8.89. The van der Waals surface area contributed by atoms with Crippen LogP contribution in [0.4, 0.5) is 11.4 Å². The first kappa shape index (κ1) is 26.1. The van der Waals surface area contributed by atoms with E-state index in [0.717, 1.165) is 19.7 Å². The first-order chi connectivity index (χ1) is 17.3. The molecule has 4 rings (SSSR count). The molecule has 0 fully saturated rings. The van der Waals surface area contributed by atoms with Crippen molar-refractivity contribution in [2.45, 2.75) is 21.6 Å². The minimum absolute atomic E-state index is 0.0389. The molecule has 184 valence electrons. The summed E-state index contributed by atoms with van der Waals surface area (Å²) >= 11 is 14.1. The number of hydrogen-bond acceptors (Lipinski definition) is 4. The minimum Gasteiger partial charge on any atom is -0.323 e. The van der Waals surface area contributed by atoms with Gasteiger partial charge in [0.15, 0.2) is 0 Å². The Kier molecular flexibility index (Phi) is 8.26. The number of halogens is 2. The van der Waals surface area contributed by atoms with Gasteiger partial charge in [0.1, 0.15) is 6.54 Å². The summed E-state index contributed by atoms with van der Waals surface area (Å²) in [6, 6.07) is 28.2. The zero-order chi connectivity index (χ0) is 25.7. The molecule has 0 atom stereocenters. The number of amides is 1. The molecule has 0 aliphatic rings. The van der Waals surface area contributed by atoms with Gasteiger partial charge >= 0.3 is 0 Å². The highest BCUT2D eigenvalue weighted by Crippen LogP contribution is 2.36. The fourth-order valence-electron chi connectivity index (χ4n) is 3.42. The second-order valence-corrected chi connectivity index (χ2v) is 11.6. The Labute approximate surface area is 225 Å². The van der Waals surface area contributed by atoms with Gasteiger partial charge in [-0.1, -0.05) is 89.1 Å². The van der Waals surface area contributed by atoms with Crippen LogP contribution in [0.1, 0.15) is 5.56 Å². The summed E-state index contributed by atoms with van der Waals surface area (Å²) in [6.07, 6.45) is 0. The number of carbonyl (C=O) groups is 1. The molecule has 36 heavy (non-hydrogen) atoms. The lowest BCUT2D eigenvalue weighted by molar-refractivity contribution is -0.114. The largest absolute Gasteiger partial charge is 0.323 e. The van der Waals surface area contributed by atoms with Gasteiger partial charge in [-0.15, -0.1) is 0 Å². The molecule has 0 unspecified atom stereocenters. The van der Waals surface area contributed by atoms with E-state index in [1.165, 1.54) is 30.0 Å². The number of benzene rings is 4. The van der Waals surface area contributed by atoms with Crippen LogP contribution < -0.4 is 9.62 Å². The molecule has 0 aliphatic carbocycles. The molecule has 0 aliphatic heterocycles. The SMILES string of the molecule is Cc1ccc(S(=O)(=O)N(CC(=O)Nc2ccccc2Sc2ccccc2)c2cccc(Cl)c2Cl)cc1. The predicted octanol–water partition coefficient (Wildman–Crippen LogP) is 7.29. The number of anilines is 2. The van der Waals surface area contributed by atoms with E-state index in [2.05, 4.69) is 5.32 Å². The highest BCUT2D eigenvalue weighted by atomic mass is 35.5. The maximum atomic E-state index is 13.6. The van der Waals surface area contributed by atoms with Crippen LogP contribution in [0.15, 0.2) is 112 Å². The first-order valence-electron chi connectivity index (χ1n) is 10.9. The lowest BCUT2D eigenvalue weighted by Gasteiger charge is -2.25. The van der Waals surface area contributed by atoms with Crippen LogP contribution in [0.2, 0.25) is 10.0 Å². The van der Waals surface area contributed by atoms with Gasteiger partial charge in [0, 0.05) is 9.79 Å². The standard InChI is InChI=1S/C27H22Cl2N2O3S2/c1-19-14-16-21(17-15-19)36(33,34)31(24-12-7-10-22(28)27(24)29)18-26(32)30-23-11-5-6-13-25(23)35-20-8-3-2-4-9-20/h2-17H,18H2,1H3,(H,30,32). The summed E-state index contributed by atoms with van der Waals surface area (Å²) in [5, 5.41) is 3.08. The Balaban J connectivity index is 1.66. The van der Waals surface area contributed by atoms with E-state index in [-0.39, 0.29) is 20.6 Å². The predicted molar refractivity (Wildman–Crippen MR) is 148 cm³/mol. The fourth-order valence-corrected chi connectivity index (χ4v) is 6.22. The molecule has 1 amide bonds. The van der Waals surface area contributed by atoms with Gasteiger partial charge in [-0.25, -0.2) is 8.42 Å². The minimum atomic E-state index is -4.13. The van der Waals surface area contributed by atoms with Gasteiger partial charge in [-0.3, -0.25) is 9.10 Å². The van der Waals surface area contributed by atoms with Crippen molar-refractivity contribution in [3.8, 4) is 0 Å². The van der Waals surface area contributed by atoms with Crippen LogP contribution in [-0.2, 0) is 14.8 Å². The Hall–Kier alpha value is -2.97. The van der Waals surface area contributed by atoms with Gasteiger partial charge in [-0.05, 0) is 55.5 Å². The number of carbonyl (C=O) groups excluding carboxylic acids is 1. The molecular weight excluding hydrogens is 535 g/mol. The molecule has 1 N–H and O–H groups in total. The highest BCUT2D eigenvalue weighted by Gasteiger charge is 2.29. The monoisotopic (exact) mass is 556 g/mol. The molecule has 0 saturated carbocycles. The summed E-state index contributed by atoms with van der Waals surface area (Å²) < 4.78 is 28.3. The number of rotatable bonds is 8. The number of hydrogen-bond donors (Lipinski definition) is 1. The van der Waals surface area contributed by atoms with E-state index in [1.807, 2.05) is 49.4 Å². The summed E-state index contributed by atoms with van der Waals surface area (Å²) in [5.41, 5.74) is 1.60. The van der Waals surface area contributed by atoms with E-state index in [0.29, 0.717) is 5.69 Å². The van der Waals surface area contributed by atoms with Crippen LogP contribution >= 0.6 is 35.0 Å². The zero-order valence-electron chi connectivity index (χ0n) is 19.2. The number of nitrogens with one attached hydrogen (secondary N) is 1. The van der Waals surface area contributed by atoms with E-state index < -0.39 is 22.5 Å². The summed E-state index contributed by atoms with van der Waals surface area (Å²) in [6.45, 7) is 1.36. The third-order valence-electron chi connectivity index (χ3n) is 5.23. The number of sulfonamides is 1. The van der Waals surface area contributed by atoms with Gasteiger partial charge in [0.05, 0.1) is 26.3 Å². The van der Waals surface area contributed by atoms with Crippen molar-refractivity contribution in [2.75, 3.05) is 16.2 Å². The first-order valence-corrected chi connectivity index (χ1v) is 13.9. The van der Waals surface area contributed by atoms with Gasteiger partial charge < -0.3 is 5.32 Å². The molecule has 5 nitrogen and oxygen atoms in total. The fraction of sp³-hybridized carbons (Fsp3) is 0.0741. The van der Waals surface area contributed by atoms with Crippen molar-refractivity contribution in [3.63, 3.8) is 0 Å². The molecule has 0 aromatic heterocycles. The Morgan fingerprint density at radius 1 is 0.861 bits per heavy atom. The third kappa shape index (κ3) is 6.05. The van der Waals surface area contributed by atoms with Crippen LogP contribution in [0.3, 0.4) is 0 Å². The number of aryl methyl sites for hydroxylation is 1. The topological polar surface area (TPSA) is 66.5 Å². The molecule has 4 aromatic rings. The highest BCUT2D eigenvalue weighted by molar-refractivity contribution is 7.99. The second kappa shape index (κ2) is 11.4. The maximum absolute atomic E-state index is 13.6. The summed E-state index contributed by atoms with van der Waals surface area (Å²) in [4.78, 5) is 15.1. The second-order valence-electron chi connectivity index (χ2n) is 7.86. The number of para-hydroxylation sites is 1. The number of nitrogens with zero attached hydrogens (tertiary/aromatic N) is 1. The van der Waals surface area contributed by atoms with E-state index >= 15 is 0 Å². The van der Waals surface area contributed by atoms with Crippen LogP contribution in [0.25, 0.3) is 0 Å². The average Bonchev–Trinajstić information content (AvgIpc) is 2.86. The van der Waals surface area contributed by atoms with E-state index in [9.17, 15) is 13.2 Å². The quantitative estimate of drug-likeness (QED) is 0.247. The van der Waals surface area contributed by atoms with Gasteiger partial charge in [-0.2, -0.15) is 0 Å². The molecule has 0 saturated heterocycles. The van der Waals surface area contributed by atoms with Crippen molar-refractivity contribution in [1.29, 1.82) is 0 Å². The van der Waals surface area contributed by atoms with Gasteiger partial charge in [0.2, 0.25) is 5.91 Å². The molecular formula is C27H22Cl2N2O3S2. The van der Waals surface area contributed by atoms with Crippen molar-refractivity contribution in [3.05, 3.63) is 113 Å². The molecule has 0 heterocycles. The average molecular weight is 558 g/mol. The van der Waals surface area contributed by atoms with E-state index in [4.69, 9.17) is 23.2 Å². The summed E-state index contributed by atoms with van der Waals surface area (Å²) in [7, 11) is -4.13. The van der Waals surface area contributed by atoms with Crippen LogP contribution in [0.5, 0.6) is 0 Å². The Morgan fingerprint density at radius 2 is 1.53 bits per heavy atom. The van der Waals surface area contributed by atoms with Crippen molar-refractivity contribution in [1.82, 2.24) is 0 Å². The Morgan fingerprint density at radius 3 is 2.25 bits per heavy atom. The van der Waals surface area contributed by atoms with Crippen molar-refractivity contribution < 1.29 is 13.2 Å². The van der Waals surface area contributed by atoms with Gasteiger partial charge in [0.25, 0.3) is 10.0 Å². The summed E-state index contributed by atoms with van der Waals surface area (Å²) in [5.74, 6) is -0.525. The molecule has 4 aromatic carbocycles. The smallest absolute Gasteiger partial charge is 0.264 e. The lowest BCUT2D eigenvalue weighted by Crippen LogP contribution is -2.38. The molecule has 0 spiro atoms. The van der Waals surface area contributed by atoms with Crippen molar-refractivity contribution in [2.24, 2.45) is 0 Å². The molecule has 0 bridgehead atoms. The molecule has 0 radical (unpaired) electrons. The zero-order valence-corrected chi connectivity index (χ0v) is 22.3. The van der Waals surface area contributed by atoms with E-state index in [1.54, 1.807) is 36.4 Å². The Bertz CT molecular complexity index is 1480.